The number of nitrogens with zero attached hydrogens (tertiary/aromatic N) is 1. The topological polar surface area (TPSA) is 54.5 Å². The van der Waals surface area contributed by atoms with Crippen LogP contribution in [-0.2, 0) is 14.6 Å². The summed E-state index contributed by atoms with van der Waals surface area (Å²) in [6.07, 6.45) is 6.45. The molecule has 0 aromatic heterocycles. The van der Waals surface area contributed by atoms with Crippen molar-refractivity contribution in [3.63, 3.8) is 0 Å². The van der Waals surface area contributed by atoms with E-state index in [1.807, 2.05) is 6.92 Å². The summed E-state index contributed by atoms with van der Waals surface area (Å²) in [4.78, 5) is 13.6. The van der Waals surface area contributed by atoms with Gasteiger partial charge in [-0.1, -0.05) is 12.8 Å². The van der Waals surface area contributed by atoms with Gasteiger partial charge in [-0.15, -0.1) is 6.42 Å². The normalized spacial score (nSPS) is 22.6. The first-order chi connectivity index (χ1) is 7.50. The Morgan fingerprint density at radius 2 is 2.25 bits per heavy atom. The fourth-order valence-electron chi connectivity index (χ4n) is 1.90. The zero-order valence-electron chi connectivity index (χ0n) is 9.48. The standard InChI is InChI=1S/C11H17NO3S/c1-3-6-12(7-4-2)11(13)10-5-8-16(14,15)9-10/h1,10H,4-9H2,2H3. The van der Waals surface area contributed by atoms with E-state index in [0.717, 1.165) is 6.42 Å². The van der Waals surface area contributed by atoms with E-state index >= 15 is 0 Å². The second-order valence-electron chi connectivity index (χ2n) is 4.06. The van der Waals surface area contributed by atoms with E-state index in [4.69, 9.17) is 6.42 Å². The van der Waals surface area contributed by atoms with Crippen LogP contribution in [0.5, 0.6) is 0 Å². The smallest absolute Gasteiger partial charge is 0.227 e. The van der Waals surface area contributed by atoms with Crippen molar-refractivity contribution in [1.82, 2.24) is 4.90 Å². The molecule has 5 heteroatoms. The van der Waals surface area contributed by atoms with Gasteiger partial charge in [0.25, 0.3) is 0 Å². The Morgan fingerprint density at radius 1 is 1.56 bits per heavy atom. The summed E-state index contributed by atoms with van der Waals surface area (Å²) in [5, 5.41) is 0. The van der Waals surface area contributed by atoms with Gasteiger partial charge in [-0.3, -0.25) is 4.79 Å². The quantitative estimate of drug-likeness (QED) is 0.667. The number of hydrogen-bond donors (Lipinski definition) is 0. The van der Waals surface area contributed by atoms with Crippen LogP contribution in [0.2, 0.25) is 0 Å². The molecule has 0 aliphatic carbocycles. The molecule has 0 aromatic carbocycles. The summed E-state index contributed by atoms with van der Waals surface area (Å²) in [5.74, 6) is 2.05. The second kappa shape index (κ2) is 5.35. The number of terminal acetylenes is 1. The molecule has 90 valence electrons. The SMILES string of the molecule is C#CCN(CCC)C(=O)C1CCS(=O)(=O)C1. The van der Waals surface area contributed by atoms with Crippen molar-refractivity contribution in [2.45, 2.75) is 19.8 Å². The molecule has 0 N–H and O–H groups in total. The molecular weight excluding hydrogens is 226 g/mol. The molecule has 1 atom stereocenters. The van der Waals surface area contributed by atoms with Crippen molar-refractivity contribution in [1.29, 1.82) is 0 Å². The Kier molecular flexibility index (Phi) is 4.36. The lowest BCUT2D eigenvalue weighted by Gasteiger charge is -2.22. The zero-order chi connectivity index (χ0) is 12.2. The lowest BCUT2D eigenvalue weighted by Crippen LogP contribution is -2.37. The van der Waals surface area contributed by atoms with E-state index < -0.39 is 9.84 Å². The predicted octanol–water partition coefficient (Wildman–Crippen LogP) is 0.293. The summed E-state index contributed by atoms with van der Waals surface area (Å²) in [6, 6.07) is 0. The molecule has 16 heavy (non-hydrogen) atoms. The van der Waals surface area contributed by atoms with Crippen molar-refractivity contribution in [3.05, 3.63) is 0 Å². The number of rotatable bonds is 4. The molecule has 0 aromatic rings. The Balaban J connectivity index is 2.66. The van der Waals surface area contributed by atoms with Crippen molar-refractivity contribution in [2.24, 2.45) is 5.92 Å². The zero-order valence-corrected chi connectivity index (χ0v) is 10.3. The van der Waals surface area contributed by atoms with Gasteiger partial charge >= 0.3 is 0 Å². The van der Waals surface area contributed by atoms with Gasteiger partial charge in [0.1, 0.15) is 0 Å². The molecule has 1 rings (SSSR count). The van der Waals surface area contributed by atoms with E-state index in [-0.39, 0.29) is 29.9 Å². The third-order valence-electron chi connectivity index (χ3n) is 2.67. The Hall–Kier alpha value is -1.02. The first-order valence-electron chi connectivity index (χ1n) is 5.43. The van der Waals surface area contributed by atoms with Gasteiger partial charge in [0.05, 0.1) is 24.0 Å². The Morgan fingerprint density at radius 3 is 2.69 bits per heavy atom. The van der Waals surface area contributed by atoms with Crippen LogP contribution in [-0.4, -0.2) is 43.8 Å². The number of amides is 1. The van der Waals surface area contributed by atoms with Gasteiger partial charge in [-0.05, 0) is 12.8 Å². The van der Waals surface area contributed by atoms with Crippen molar-refractivity contribution in [2.75, 3.05) is 24.6 Å². The summed E-state index contributed by atoms with van der Waals surface area (Å²) in [7, 11) is -3.00. The van der Waals surface area contributed by atoms with E-state index in [1.54, 1.807) is 4.90 Å². The fraction of sp³-hybridized carbons (Fsp3) is 0.727. The minimum atomic E-state index is -3.00. The van der Waals surface area contributed by atoms with Crippen molar-refractivity contribution < 1.29 is 13.2 Å². The van der Waals surface area contributed by atoms with Crippen LogP contribution in [0.4, 0.5) is 0 Å². The molecule has 0 bridgehead atoms. The molecular formula is C11H17NO3S. The minimum Gasteiger partial charge on any atom is -0.331 e. The molecule has 1 aliphatic heterocycles. The maximum atomic E-state index is 12.0. The lowest BCUT2D eigenvalue weighted by molar-refractivity contribution is -0.134. The summed E-state index contributed by atoms with van der Waals surface area (Å²) < 4.78 is 22.5. The maximum absolute atomic E-state index is 12.0. The van der Waals surface area contributed by atoms with E-state index in [2.05, 4.69) is 5.92 Å². The third-order valence-corrected chi connectivity index (χ3v) is 4.44. The highest BCUT2D eigenvalue weighted by molar-refractivity contribution is 7.91. The van der Waals surface area contributed by atoms with E-state index in [9.17, 15) is 13.2 Å². The monoisotopic (exact) mass is 243 g/mol. The Bertz CT molecular complexity index is 394. The van der Waals surface area contributed by atoms with Crippen LogP contribution in [0.25, 0.3) is 0 Å². The van der Waals surface area contributed by atoms with Gasteiger partial charge in [-0.25, -0.2) is 8.42 Å². The van der Waals surface area contributed by atoms with Crippen LogP contribution in [0.15, 0.2) is 0 Å². The second-order valence-corrected chi connectivity index (χ2v) is 6.29. The molecule has 1 aliphatic rings. The highest BCUT2D eigenvalue weighted by atomic mass is 32.2. The van der Waals surface area contributed by atoms with Gasteiger partial charge in [-0.2, -0.15) is 0 Å². The van der Waals surface area contributed by atoms with Crippen LogP contribution in [0.3, 0.4) is 0 Å². The molecule has 1 fully saturated rings. The molecule has 0 radical (unpaired) electrons. The third kappa shape index (κ3) is 3.24. The van der Waals surface area contributed by atoms with Crippen molar-refractivity contribution in [3.8, 4) is 12.3 Å². The maximum Gasteiger partial charge on any atom is 0.227 e. The highest BCUT2D eigenvalue weighted by Gasteiger charge is 2.34. The minimum absolute atomic E-state index is 0.0172. The lowest BCUT2D eigenvalue weighted by atomic mass is 10.1. The van der Waals surface area contributed by atoms with E-state index in [1.165, 1.54) is 0 Å². The molecule has 0 saturated carbocycles. The predicted molar refractivity (Wildman–Crippen MR) is 62.5 cm³/mol. The average molecular weight is 243 g/mol. The van der Waals surface area contributed by atoms with Crippen LogP contribution < -0.4 is 0 Å². The van der Waals surface area contributed by atoms with Crippen LogP contribution >= 0.6 is 0 Å². The number of hydrogen-bond acceptors (Lipinski definition) is 3. The first-order valence-corrected chi connectivity index (χ1v) is 7.25. The molecule has 1 saturated heterocycles. The first kappa shape index (κ1) is 13.0. The molecule has 0 spiro atoms. The molecule has 1 amide bonds. The van der Waals surface area contributed by atoms with Gasteiger partial charge in [0.15, 0.2) is 9.84 Å². The van der Waals surface area contributed by atoms with Crippen LogP contribution in [0.1, 0.15) is 19.8 Å². The Labute approximate surface area is 96.9 Å². The fourth-order valence-corrected chi connectivity index (χ4v) is 3.63. The number of carbonyl (C=O) groups excluding carboxylic acids is 1. The van der Waals surface area contributed by atoms with E-state index in [0.29, 0.717) is 13.0 Å². The van der Waals surface area contributed by atoms with Crippen molar-refractivity contribution >= 4 is 15.7 Å². The highest BCUT2D eigenvalue weighted by Crippen LogP contribution is 2.20. The van der Waals surface area contributed by atoms with Gasteiger partial charge < -0.3 is 4.90 Å². The summed E-state index contributed by atoms with van der Waals surface area (Å²) in [5.41, 5.74) is 0. The van der Waals surface area contributed by atoms with Gasteiger partial charge in [0.2, 0.25) is 5.91 Å². The number of carbonyl (C=O) groups is 1. The van der Waals surface area contributed by atoms with Gasteiger partial charge in [0, 0.05) is 6.54 Å². The average Bonchev–Trinajstić information content (AvgIpc) is 2.57. The summed E-state index contributed by atoms with van der Waals surface area (Å²) >= 11 is 0. The largest absolute Gasteiger partial charge is 0.331 e. The summed E-state index contributed by atoms with van der Waals surface area (Å²) in [6.45, 7) is 2.82. The molecule has 1 unspecified atom stereocenters. The molecule has 1 heterocycles. The number of sulfone groups is 1. The van der Waals surface area contributed by atoms with Crippen LogP contribution in [0, 0.1) is 18.3 Å². The molecule has 4 nitrogen and oxygen atoms in total.